The van der Waals surface area contributed by atoms with E-state index in [2.05, 4.69) is 10.4 Å². The van der Waals surface area contributed by atoms with Crippen molar-refractivity contribution in [3.8, 4) is 0 Å². The highest BCUT2D eigenvalue weighted by molar-refractivity contribution is 6.34. The van der Waals surface area contributed by atoms with E-state index < -0.39 is 10.8 Å². The first kappa shape index (κ1) is 14.0. The van der Waals surface area contributed by atoms with Crippen molar-refractivity contribution in [2.45, 2.75) is 13.5 Å². The van der Waals surface area contributed by atoms with Gasteiger partial charge in [0, 0.05) is 24.9 Å². The molecule has 2 aromatic rings. The van der Waals surface area contributed by atoms with Crippen LogP contribution in [0.15, 0.2) is 30.6 Å². The smallest absolute Gasteiger partial charge is 0.270 e. The van der Waals surface area contributed by atoms with Gasteiger partial charge in [0.25, 0.3) is 11.6 Å². The molecule has 104 valence electrons. The minimum atomic E-state index is -0.571. The Morgan fingerprint density at radius 2 is 2.30 bits per heavy atom. The summed E-state index contributed by atoms with van der Waals surface area (Å²) in [6.07, 6.45) is 3.19. The van der Waals surface area contributed by atoms with Crippen LogP contribution in [0, 0.1) is 10.1 Å². The van der Waals surface area contributed by atoms with Crippen molar-refractivity contribution in [1.29, 1.82) is 0 Å². The van der Waals surface area contributed by atoms with Gasteiger partial charge >= 0.3 is 0 Å². The summed E-state index contributed by atoms with van der Waals surface area (Å²) in [5, 5.41) is 17.3. The molecule has 1 aromatic heterocycles. The molecule has 0 aliphatic carbocycles. The van der Waals surface area contributed by atoms with Gasteiger partial charge in [-0.3, -0.25) is 19.6 Å². The highest BCUT2D eigenvalue weighted by Crippen LogP contribution is 2.23. The van der Waals surface area contributed by atoms with E-state index in [0.717, 1.165) is 6.07 Å². The lowest BCUT2D eigenvalue weighted by Gasteiger charge is -2.04. The predicted octanol–water partition coefficient (Wildman–Crippen LogP) is 2.72. The number of hydrogen-bond acceptors (Lipinski definition) is 4. The van der Waals surface area contributed by atoms with E-state index in [1.165, 1.54) is 18.3 Å². The molecule has 0 spiro atoms. The summed E-state index contributed by atoms with van der Waals surface area (Å²) in [6.45, 7) is 2.61. The minimum Gasteiger partial charge on any atom is -0.319 e. The summed E-state index contributed by atoms with van der Waals surface area (Å²) in [5.41, 5.74) is 0.540. The fraction of sp³-hybridized carbons (Fsp3) is 0.167. The molecule has 2 rings (SSSR count). The Labute approximate surface area is 119 Å². The highest BCUT2D eigenvalue weighted by Gasteiger charge is 2.15. The van der Waals surface area contributed by atoms with Gasteiger partial charge in [0.1, 0.15) is 0 Å². The number of hydrogen-bond donors (Lipinski definition) is 1. The molecule has 20 heavy (non-hydrogen) atoms. The Morgan fingerprint density at radius 1 is 1.55 bits per heavy atom. The van der Waals surface area contributed by atoms with E-state index in [4.69, 9.17) is 11.6 Å². The van der Waals surface area contributed by atoms with Gasteiger partial charge in [-0.1, -0.05) is 11.6 Å². The molecule has 0 saturated heterocycles. The van der Waals surface area contributed by atoms with Crippen molar-refractivity contribution in [3.63, 3.8) is 0 Å². The Kier molecular flexibility index (Phi) is 3.99. The Balaban J connectivity index is 2.18. The second-order valence-electron chi connectivity index (χ2n) is 3.96. The van der Waals surface area contributed by atoms with Crippen LogP contribution in [-0.4, -0.2) is 20.6 Å². The third-order valence-corrected chi connectivity index (χ3v) is 2.94. The van der Waals surface area contributed by atoms with E-state index in [1.807, 2.05) is 6.92 Å². The SMILES string of the molecule is CCn1cc(NC(=O)c2ccc([N+](=O)[O-])cc2Cl)cn1. The third-order valence-electron chi connectivity index (χ3n) is 2.62. The van der Waals surface area contributed by atoms with E-state index in [9.17, 15) is 14.9 Å². The average molecular weight is 295 g/mol. The third kappa shape index (κ3) is 2.94. The van der Waals surface area contributed by atoms with Crippen molar-refractivity contribution in [2.75, 3.05) is 5.32 Å². The molecule has 1 aromatic carbocycles. The zero-order valence-corrected chi connectivity index (χ0v) is 11.3. The van der Waals surface area contributed by atoms with Crippen molar-refractivity contribution in [1.82, 2.24) is 9.78 Å². The van der Waals surface area contributed by atoms with E-state index in [0.29, 0.717) is 12.2 Å². The predicted molar refractivity (Wildman–Crippen MR) is 74.0 cm³/mol. The highest BCUT2D eigenvalue weighted by atomic mass is 35.5. The number of aromatic nitrogens is 2. The number of anilines is 1. The second kappa shape index (κ2) is 5.70. The molecular weight excluding hydrogens is 284 g/mol. The molecule has 1 N–H and O–H groups in total. The van der Waals surface area contributed by atoms with Crippen LogP contribution in [0.2, 0.25) is 5.02 Å². The topological polar surface area (TPSA) is 90.1 Å². The first-order valence-electron chi connectivity index (χ1n) is 5.79. The molecule has 0 saturated carbocycles. The number of nitrogens with one attached hydrogen (secondary N) is 1. The van der Waals surface area contributed by atoms with Crippen molar-refractivity contribution in [3.05, 3.63) is 51.3 Å². The lowest BCUT2D eigenvalue weighted by Crippen LogP contribution is -2.12. The van der Waals surface area contributed by atoms with Gasteiger partial charge in [-0.05, 0) is 13.0 Å². The Bertz CT molecular complexity index is 668. The maximum atomic E-state index is 12.0. The molecule has 8 heteroatoms. The van der Waals surface area contributed by atoms with Crippen molar-refractivity contribution < 1.29 is 9.72 Å². The zero-order chi connectivity index (χ0) is 14.7. The van der Waals surface area contributed by atoms with Crippen LogP contribution < -0.4 is 5.32 Å². The molecule has 0 aliphatic heterocycles. The molecule has 1 heterocycles. The second-order valence-corrected chi connectivity index (χ2v) is 4.37. The number of carbonyl (C=O) groups excluding carboxylic acids is 1. The van der Waals surface area contributed by atoms with E-state index >= 15 is 0 Å². The van der Waals surface area contributed by atoms with Crippen molar-refractivity contribution >= 4 is 28.9 Å². The van der Waals surface area contributed by atoms with E-state index in [-0.39, 0.29) is 16.3 Å². The first-order chi connectivity index (χ1) is 9.51. The Hall–Kier alpha value is -2.41. The van der Waals surface area contributed by atoms with E-state index in [1.54, 1.807) is 10.9 Å². The summed E-state index contributed by atoms with van der Waals surface area (Å²) in [5.74, 6) is -0.444. The lowest BCUT2D eigenvalue weighted by molar-refractivity contribution is -0.384. The largest absolute Gasteiger partial charge is 0.319 e. The quantitative estimate of drug-likeness (QED) is 0.693. The zero-order valence-electron chi connectivity index (χ0n) is 10.5. The van der Waals surface area contributed by atoms with Gasteiger partial charge < -0.3 is 5.32 Å². The monoisotopic (exact) mass is 294 g/mol. The van der Waals surface area contributed by atoms with Gasteiger partial charge in [-0.25, -0.2) is 0 Å². The molecule has 0 radical (unpaired) electrons. The minimum absolute atomic E-state index is 0.0274. The molecule has 0 bridgehead atoms. The van der Waals surface area contributed by atoms with Crippen LogP contribution >= 0.6 is 11.6 Å². The first-order valence-corrected chi connectivity index (χ1v) is 6.16. The van der Waals surface area contributed by atoms with Crippen molar-refractivity contribution in [2.24, 2.45) is 0 Å². The van der Waals surface area contributed by atoms with Crippen LogP contribution in [-0.2, 0) is 6.54 Å². The summed E-state index contributed by atoms with van der Waals surface area (Å²) >= 11 is 5.88. The summed E-state index contributed by atoms with van der Waals surface area (Å²) in [4.78, 5) is 22.0. The molecule has 7 nitrogen and oxygen atoms in total. The summed E-state index contributed by atoms with van der Waals surface area (Å²) in [7, 11) is 0. The number of nitrogens with zero attached hydrogens (tertiary/aromatic N) is 3. The lowest BCUT2D eigenvalue weighted by atomic mass is 10.2. The number of amides is 1. The van der Waals surface area contributed by atoms with Gasteiger partial charge in [-0.15, -0.1) is 0 Å². The average Bonchev–Trinajstić information content (AvgIpc) is 2.85. The van der Waals surface area contributed by atoms with Gasteiger partial charge in [0.15, 0.2) is 0 Å². The van der Waals surface area contributed by atoms with Crippen LogP contribution in [0.1, 0.15) is 17.3 Å². The van der Waals surface area contributed by atoms with Crippen LogP contribution in [0.3, 0.4) is 0 Å². The molecule has 0 fully saturated rings. The van der Waals surface area contributed by atoms with Crippen LogP contribution in [0.5, 0.6) is 0 Å². The number of aryl methyl sites for hydroxylation is 1. The molecular formula is C12H11ClN4O3. The van der Waals surface area contributed by atoms with Gasteiger partial charge in [0.2, 0.25) is 0 Å². The standard InChI is InChI=1S/C12H11ClN4O3/c1-2-16-7-8(6-14-16)15-12(18)10-4-3-9(17(19)20)5-11(10)13/h3-7H,2H2,1H3,(H,15,18). The fourth-order valence-corrected chi connectivity index (χ4v) is 1.86. The van der Waals surface area contributed by atoms with Gasteiger partial charge in [0.05, 0.1) is 27.4 Å². The number of non-ortho nitro benzene ring substituents is 1. The maximum Gasteiger partial charge on any atom is 0.270 e. The molecule has 0 atom stereocenters. The number of nitro groups is 1. The number of benzene rings is 1. The number of rotatable bonds is 4. The van der Waals surface area contributed by atoms with Gasteiger partial charge in [-0.2, -0.15) is 5.10 Å². The fourth-order valence-electron chi connectivity index (χ4n) is 1.60. The van der Waals surface area contributed by atoms with Crippen LogP contribution in [0.4, 0.5) is 11.4 Å². The Morgan fingerprint density at radius 3 is 2.85 bits per heavy atom. The van der Waals surface area contributed by atoms with Crippen LogP contribution in [0.25, 0.3) is 0 Å². The molecule has 0 unspecified atom stereocenters. The molecule has 0 aliphatic rings. The number of nitro benzene ring substituents is 1. The molecule has 1 amide bonds. The number of carbonyl (C=O) groups is 1. The summed E-state index contributed by atoms with van der Waals surface area (Å²) in [6, 6.07) is 3.70. The number of halogens is 1. The maximum absolute atomic E-state index is 12.0. The normalized spacial score (nSPS) is 10.3. The summed E-state index contributed by atoms with van der Waals surface area (Å²) < 4.78 is 1.66.